The molecule has 0 bridgehead atoms. The quantitative estimate of drug-likeness (QED) is 0.594. The Morgan fingerprint density at radius 1 is 1.24 bits per heavy atom. The minimum Gasteiger partial charge on any atom is -0.492 e. The molecule has 1 aromatic carbocycles. The first-order valence-corrected chi connectivity index (χ1v) is 8.04. The van der Waals surface area contributed by atoms with Crippen molar-refractivity contribution in [3.05, 3.63) is 27.7 Å². The molecular weight excluding hydrogens is 307 g/mol. The van der Waals surface area contributed by atoms with Crippen molar-refractivity contribution in [3.63, 3.8) is 0 Å². The van der Waals surface area contributed by atoms with Crippen LogP contribution in [-0.4, -0.2) is 12.4 Å². The van der Waals surface area contributed by atoms with Crippen molar-refractivity contribution < 1.29 is 9.53 Å². The van der Waals surface area contributed by atoms with E-state index < -0.39 is 0 Å². The predicted molar refractivity (Wildman–Crippen MR) is 89.8 cm³/mol. The van der Waals surface area contributed by atoms with Gasteiger partial charge in [0.1, 0.15) is 5.75 Å². The van der Waals surface area contributed by atoms with Gasteiger partial charge in [-0.2, -0.15) is 0 Å². The molecule has 1 unspecified atom stereocenters. The zero-order chi connectivity index (χ0) is 16.2. The number of hydrogen-bond donors (Lipinski definition) is 0. The summed E-state index contributed by atoms with van der Waals surface area (Å²) < 4.78 is 5.37. The molecule has 0 aliphatic heterocycles. The maximum Gasteiger partial charge on any atom is 0.164 e. The molecule has 118 valence electrons. The van der Waals surface area contributed by atoms with E-state index in [0.29, 0.717) is 40.3 Å². The Balaban J connectivity index is 2.86. The normalized spacial score (nSPS) is 13.1. The molecule has 1 atom stereocenters. The maximum absolute atomic E-state index is 12.4. The predicted octanol–water partition coefficient (Wildman–Crippen LogP) is 6.04. The van der Waals surface area contributed by atoms with Gasteiger partial charge in [-0.1, -0.05) is 50.9 Å². The molecule has 0 aliphatic rings. The van der Waals surface area contributed by atoms with Gasteiger partial charge < -0.3 is 4.74 Å². The van der Waals surface area contributed by atoms with Crippen LogP contribution in [0.3, 0.4) is 0 Å². The van der Waals surface area contributed by atoms with Crippen molar-refractivity contribution in [1.29, 1.82) is 0 Å². The fraction of sp³-hybridized carbons (Fsp3) is 0.588. The summed E-state index contributed by atoms with van der Waals surface area (Å²) in [5.74, 6) is 0.851. The Bertz CT molecular complexity index is 504. The molecular formula is C17H24Cl2O2. The standard InChI is InChI=1S/C17H24Cl2O2/c1-6-21-16-9-13(18)12(8-14(16)19)15(20)7-11(2)10-17(3,4)5/h8-9,11H,6-7,10H2,1-5H3. The van der Waals surface area contributed by atoms with Crippen LogP contribution >= 0.6 is 23.2 Å². The highest BCUT2D eigenvalue weighted by Crippen LogP contribution is 2.33. The SMILES string of the molecule is CCOc1cc(Cl)c(C(=O)CC(C)CC(C)(C)C)cc1Cl. The molecule has 21 heavy (non-hydrogen) atoms. The third-order valence-electron chi connectivity index (χ3n) is 3.12. The van der Waals surface area contributed by atoms with Crippen molar-refractivity contribution >= 4 is 29.0 Å². The molecule has 0 aromatic heterocycles. The minimum atomic E-state index is 0.0294. The molecule has 1 rings (SSSR count). The summed E-state index contributed by atoms with van der Waals surface area (Å²) in [5.41, 5.74) is 0.686. The van der Waals surface area contributed by atoms with Crippen LogP contribution in [0, 0.1) is 11.3 Å². The van der Waals surface area contributed by atoms with E-state index >= 15 is 0 Å². The van der Waals surface area contributed by atoms with Gasteiger partial charge in [0.2, 0.25) is 0 Å². The van der Waals surface area contributed by atoms with Crippen LogP contribution in [0.1, 0.15) is 57.8 Å². The Kier molecular flexibility index (Phi) is 6.55. The number of benzene rings is 1. The van der Waals surface area contributed by atoms with E-state index in [0.717, 1.165) is 6.42 Å². The van der Waals surface area contributed by atoms with E-state index in [-0.39, 0.29) is 11.2 Å². The summed E-state index contributed by atoms with van der Waals surface area (Å²) in [7, 11) is 0. The molecule has 2 nitrogen and oxygen atoms in total. The van der Waals surface area contributed by atoms with Gasteiger partial charge in [-0.25, -0.2) is 0 Å². The van der Waals surface area contributed by atoms with Crippen LogP contribution in [0.25, 0.3) is 0 Å². The van der Waals surface area contributed by atoms with Gasteiger partial charge in [0, 0.05) is 18.1 Å². The van der Waals surface area contributed by atoms with E-state index in [2.05, 4.69) is 27.7 Å². The van der Waals surface area contributed by atoms with E-state index in [1.807, 2.05) is 6.92 Å². The van der Waals surface area contributed by atoms with Gasteiger partial charge in [-0.15, -0.1) is 0 Å². The van der Waals surface area contributed by atoms with Crippen LogP contribution in [0.5, 0.6) is 5.75 Å². The molecule has 0 amide bonds. The average molecular weight is 331 g/mol. The second kappa shape index (κ2) is 7.51. The third kappa shape index (κ3) is 5.88. The first-order valence-electron chi connectivity index (χ1n) is 7.29. The summed E-state index contributed by atoms with van der Waals surface area (Å²) in [5, 5.41) is 0.823. The summed E-state index contributed by atoms with van der Waals surface area (Å²) >= 11 is 12.3. The van der Waals surface area contributed by atoms with Crippen LogP contribution < -0.4 is 4.74 Å². The number of halogens is 2. The number of ether oxygens (including phenoxy) is 1. The molecule has 0 saturated heterocycles. The van der Waals surface area contributed by atoms with Crippen LogP contribution in [0.4, 0.5) is 0 Å². The molecule has 0 heterocycles. The Morgan fingerprint density at radius 2 is 1.86 bits per heavy atom. The molecule has 0 fully saturated rings. The van der Waals surface area contributed by atoms with E-state index in [4.69, 9.17) is 27.9 Å². The van der Waals surface area contributed by atoms with E-state index in [9.17, 15) is 4.79 Å². The van der Waals surface area contributed by atoms with Crippen molar-refractivity contribution in [3.8, 4) is 5.75 Å². The monoisotopic (exact) mass is 330 g/mol. The molecule has 0 spiro atoms. The topological polar surface area (TPSA) is 26.3 Å². The van der Waals surface area contributed by atoms with Crippen molar-refractivity contribution in [2.45, 2.75) is 47.5 Å². The highest BCUT2D eigenvalue weighted by atomic mass is 35.5. The third-order valence-corrected chi connectivity index (χ3v) is 3.72. The van der Waals surface area contributed by atoms with Crippen LogP contribution in [0.2, 0.25) is 10.0 Å². The number of hydrogen-bond acceptors (Lipinski definition) is 2. The fourth-order valence-corrected chi connectivity index (χ4v) is 3.03. The zero-order valence-corrected chi connectivity index (χ0v) is 14.9. The lowest BCUT2D eigenvalue weighted by atomic mass is 9.83. The molecule has 0 radical (unpaired) electrons. The lowest BCUT2D eigenvalue weighted by Crippen LogP contribution is -2.14. The van der Waals surface area contributed by atoms with E-state index in [1.165, 1.54) is 0 Å². The fourth-order valence-electron chi connectivity index (χ4n) is 2.55. The molecule has 0 saturated carbocycles. The van der Waals surface area contributed by atoms with Crippen molar-refractivity contribution in [2.75, 3.05) is 6.61 Å². The number of rotatable bonds is 6. The highest BCUT2D eigenvalue weighted by Gasteiger charge is 2.20. The zero-order valence-electron chi connectivity index (χ0n) is 13.4. The second-order valence-corrected chi connectivity index (χ2v) is 7.51. The van der Waals surface area contributed by atoms with E-state index in [1.54, 1.807) is 12.1 Å². The number of carbonyl (C=O) groups excluding carboxylic acids is 1. The van der Waals surface area contributed by atoms with Gasteiger partial charge in [0.15, 0.2) is 5.78 Å². The van der Waals surface area contributed by atoms with Gasteiger partial charge in [-0.3, -0.25) is 4.79 Å². The van der Waals surface area contributed by atoms with Gasteiger partial charge in [0.05, 0.1) is 16.7 Å². The summed E-state index contributed by atoms with van der Waals surface area (Å²) in [6.07, 6.45) is 1.46. The van der Waals surface area contributed by atoms with Gasteiger partial charge in [-0.05, 0) is 30.7 Å². The lowest BCUT2D eigenvalue weighted by Gasteiger charge is -2.22. The summed E-state index contributed by atoms with van der Waals surface area (Å²) in [6, 6.07) is 3.23. The maximum atomic E-state index is 12.4. The Hall–Kier alpha value is -0.730. The van der Waals surface area contributed by atoms with Crippen molar-refractivity contribution in [1.82, 2.24) is 0 Å². The van der Waals surface area contributed by atoms with Crippen LogP contribution in [0.15, 0.2) is 12.1 Å². The number of carbonyl (C=O) groups is 1. The second-order valence-electron chi connectivity index (χ2n) is 6.69. The first kappa shape index (κ1) is 18.3. The Labute approximate surface area is 137 Å². The molecule has 4 heteroatoms. The summed E-state index contributed by atoms with van der Waals surface area (Å²) in [6.45, 7) is 11.0. The average Bonchev–Trinajstić information content (AvgIpc) is 2.30. The molecule has 0 aliphatic carbocycles. The number of ketones is 1. The van der Waals surface area contributed by atoms with Gasteiger partial charge in [0.25, 0.3) is 0 Å². The van der Waals surface area contributed by atoms with Gasteiger partial charge >= 0.3 is 0 Å². The van der Waals surface area contributed by atoms with Crippen LogP contribution in [-0.2, 0) is 0 Å². The lowest BCUT2D eigenvalue weighted by molar-refractivity contribution is 0.0954. The molecule has 0 N–H and O–H groups in total. The van der Waals surface area contributed by atoms with Crippen molar-refractivity contribution in [2.24, 2.45) is 11.3 Å². The first-order chi connectivity index (χ1) is 9.64. The highest BCUT2D eigenvalue weighted by molar-refractivity contribution is 6.36. The Morgan fingerprint density at radius 3 is 2.38 bits per heavy atom. The summed E-state index contributed by atoms with van der Waals surface area (Å²) in [4.78, 5) is 12.4. The largest absolute Gasteiger partial charge is 0.492 e. The minimum absolute atomic E-state index is 0.0294. The number of Topliss-reactive ketones (excluding diaryl/α,β-unsaturated/α-hetero) is 1. The smallest absolute Gasteiger partial charge is 0.164 e. The molecule has 1 aromatic rings.